The summed E-state index contributed by atoms with van der Waals surface area (Å²) in [6, 6.07) is 11.4. The predicted molar refractivity (Wildman–Crippen MR) is 124 cm³/mol. The molecule has 5 N–H and O–H groups in total. The van der Waals surface area contributed by atoms with Gasteiger partial charge in [0, 0.05) is 26.2 Å². The number of aliphatic hydroxyl groups is 2. The van der Waals surface area contributed by atoms with E-state index in [0.29, 0.717) is 57.5 Å². The third kappa shape index (κ3) is 6.41. The first-order valence-electron chi connectivity index (χ1n) is 11.3. The summed E-state index contributed by atoms with van der Waals surface area (Å²) in [4.78, 5) is 19.4. The number of carbonyl (C=O) groups excluding carboxylic acids is 1. The van der Waals surface area contributed by atoms with Gasteiger partial charge in [-0.3, -0.25) is 4.79 Å². The molecule has 1 amide bonds. The maximum atomic E-state index is 12.7. The molecule has 1 unspecified atom stereocenters. The minimum absolute atomic E-state index is 0.140. The first-order valence-corrected chi connectivity index (χ1v) is 11.3. The van der Waals surface area contributed by atoms with Crippen molar-refractivity contribution in [2.45, 2.75) is 51.4 Å². The van der Waals surface area contributed by atoms with Gasteiger partial charge in [-0.1, -0.05) is 24.3 Å². The van der Waals surface area contributed by atoms with E-state index in [4.69, 9.17) is 10.5 Å². The van der Waals surface area contributed by atoms with E-state index < -0.39 is 6.10 Å². The van der Waals surface area contributed by atoms with Crippen LogP contribution >= 0.6 is 0 Å². The molecule has 2 heterocycles. The number of benzene rings is 1. The molecule has 32 heavy (non-hydrogen) atoms. The van der Waals surface area contributed by atoms with Crippen molar-refractivity contribution in [2.75, 3.05) is 31.1 Å². The molecule has 0 radical (unpaired) electrons. The summed E-state index contributed by atoms with van der Waals surface area (Å²) in [5.74, 6) is 0.679. The number of anilines is 1. The average Bonchev–Trinajstić information content (AvgIpc) is 2.82. The van der Waals surface area contributed by atoms with E-state index in [0.717, 1.165) is 16.9 Å². The SMILES string of the molecule is CCOc1nc(N2CCC(O)CC2)ccc1C(=O)NCC(O)CCc1ccccc1CN. The van der Waals surface area contributed by atoms with E-state index in [1.807, 2.05) is 31.2 Å². The average molecular weight is 443 g/mol. The minimum atomic E-state index is -0.674. The number of aryl methyl sites for hydroxylation is 1. The molecule has 0 bridgehead atoms. The Labute approximate surface area is 189 Å². The lowest BCUT2D eigenvalue weighted by atomic mass is 10.0. The minimum Gasteiger partial charge on any atom is -0.477 e. The fourth-order valence-corrected chi connectivity index (χ4v) is 3.85. The number of aromatic nitrogens is 1. The number of ether oxygens (including phenoxy) is 1. The molecule has 8 nitrogen and oxygen atoms in total. The summed E-state index contributed by atoms with van der Waals surface area (Å²) < 4.78 is 5.63. The number of hydrogen-bond acceptors (Lipinski definition) is 7. The van der Waals surface area contributed by atoms with Crippen molar-refractivity contribution in [1.29, 1.82) is 0 Å². The number of nitrogens with two attached hydrogens (primary N) is 1. The Morgan fingerprint density at radius 1 is 1.25 bits per heavy atom. The van der Waals surface area contributed by atoms with Crippen LogP contribution in [0.4, 0.5) is 5.82 Å². The van der Waals surface area contributed by atoms with Crippen LogP contribution in [0.3, 0.4) is 0 Å². The molecule has 1 aliphatic rings. The monoisotopic (exact) mass is 442 g/mol. The van der Waals surface area contributed by atoms with Crippen molar-refractivity contribution < 1.29 is 19.7 Å². The molecule has 1 aromatic heterocycles. The van der Waals surface area contributed by atoms with Gasteiger partial charge in [-0.2, -0.15) is 4.98 Å². The smallest absolute Gasteiger partial charge is 0.256 e. The van der Waals surface area contributed by atoms with Gasteiger partial charge in [-0.05, 0) is 55.9 Å². The Kier molecular flexibility index (Phi) is 8.84. The second-order valence-electron chi connectivity index (χ2n) is 8.05. The highest BCUT2D eigenvalue weighted by Crippen LogP contribution is 2.24. The lowest BCUT2D eigenvalue weighted by Crippen LogP contribution is -2.36. The number of carbonyl (C=O) groups is 1. The van der Waals surface area contributed by atoms with Crippen molar-refractivity contribution in [3.8, 4) is 5.88 Å². The molecule has 0 spiro atoms. The van der Waals surface area contributed by atoms with E-state index in [9.17, 15) is 15.0 Å². The second kappa shape index (κ2) is 11.8. The Morgan fingerprint density at radius 2 is 1.97 bits per heavy atom. The Morgan fingerprint density at radius 3 is 2.66 bits per heavy atom. The molecule has 8 heteroatoms. The van der Waals surface area contributed by atoms with Crippen LogP contribution < -0.4 is 20.7 Å². The number of aliphatic hydroxyl groups excluding tert-OH is 2. The van der Waals surface area contributed by atoms with Crippen molar-refractivity contribution in [2.24, 2.45) is 5.73 Å². The molecule has 1 aromatic carbocycles. The zero-order valence-corrected chi connectivity index (χ0v) is 18.7. The molecule has 0 saturated carbocycles. The summed E-state index contributed by atoms with van der Waals surface area (Å²) in [5.41, 5.74) is 8.30. The highest BCUT2D eigenvalue weighted by molar-refractivity contribution is 5.96. The third-order valence-corrected chi connectivity index (χ3v) is 5.74. The van der Waals surface area contributed by atoms with E-state index in [1.165, 1.54) is 0 Å². The summed E-state index contributed by atoms with van der Waals surface area (Å²) in [5, 5.41) is 22.9. The topological polar surface area (TPSA) is 121 Å². The third-order valence-electron chi connectivity index (χ3n) is 5.74. The largest absolute Gasteiger partial charge is 0.477 e. The van der Waals surface area contributed by atoms with E-state index in [2.05, 4.69) is 15.2 Å². The maximum absolute atomic E-state index is 12.7. The molecule has 1 atom stereocenters. The van der Waals surface area contributed by atoms with Gasteiger partial charge in [0.1, 0.15) is 11.4 Å². The van der Waals surface area contributed by atoms with Gasteiger partial charge in [-0.25, -0.2) is 0 Å². The normalized spacial score (nSPS) is 15.4. The van der Waals surface area contributed by atoms with E-state index in [1.54, 1.807) is 12.1 Å². The standard InChI is InChI=1S/C24H34N4O4/c1-2-32-24-21(9-10-22(27-24)28-13-11-19(29)12-14-28)23(31)26-16-20(30)8-7-17-5-3-4-6-18(17)15-25/h3-6,9-10,19-20,29-30H,2,7-8,11-16,25H2,1H3,(H,26,31). The summed E-state index contributed by atoms with van der Waals surface area (Å²) in [6.45, 7) is 4.26. The summed E-state index contributed by atoms with van der Waals surface area (Å²) in [7, 11) is 0. The van der Waals surface area contributed by atoms with Gasteiger partial charge >= 0.3 is 0 Å². The first kappa shape index (κ1) is 24.0. The van der Waals surface area contributed by atoms with Crippen molar-refractivity contribution in [3.63, 3.8) is 0 Å². The van der Waals surface area contributed by atoms with Gasteiger partial charge in [-0.15, -0.1) is 0 Å². The number of piperidine rings is 1. The quantitative estimate of drug-likeness (QED) is 0.441. The number of amides is 1. The van der Waals surface area contributed by atoms with E-state index >= 15 is 0 Å². The highest BCUT2D eigenvalue weighted by Gasteiger charge is 2.21. The number of nitrogens with zero attached hydrogens (tertiary/aromatic N) is 2. The van der Waals surface area contributed by atoms with Crippen LogP contribution in [-0.4, -0.2) is 59.6 Å². The lowest BCUT2D eigenvalue weighted by Gasteiger charge is -2.30. The van der Waals surface area contributed by atoms with Crippen molar-refractivity contribution in [3.05, 3.63) is 53.1 Å². The van der Waals surface area contributed by atoms with Crippen molar-refractivity contribution in [1.82, 2.24) is 10.3 Å². The number of pyridine rings is 1. The zero-order chi connectivity index (χ0) is 22.9. The summed E-state index contributed by atoms with van der Waals surface area (Å²) >= 11 is 0. The van der Waals surface area contributed by atoms with Crippen molar-refractivity contribution >= 4 is 11.7 Å². The van der Waals surface area contributed by atoms with Gasteiger partial charge < -0.3 is 30.9 Å². The number of rotatable bonds is 10. The van der Waals surface area contributed by atoms with Crippen LogP contribution in [0.15, 0.2) is 36.4 Å². The molecule has 3 rings (SSSR count). The first-order chi connectivity index (χ1) is 15.5. The Bertz CT molecular complexity index is 884. The molecule has 1 aliphatic heterocycles. The molecule has 174 valence electrons. The molecular formula is C24H34N4O4. The Balaban J connectivity index is 1.57. The fourth-order valence-electron chi connectivity index (χ4n) is 3.85. The zero-order valence-electron chi connectivity index (χ0n) is 18.7. The highest BCUT2D eigenvalue weighted by atomic mass is 16.5. The van der Waals surface area contributed by atoms with Crippen LogP contribution in [0.1, 0.15) is 47.7 Å². The molecule has 1 fully saturated rings. The molecule has 2 aromatic rings. The van der Waals surface area contributed by atoms with Gasteiger partial charge in [0.2, 0.25) is 5.88 Å². The van der Waals surface area contributed by atoms with Crippen LogP contribution in [-0.2, 0) is 13.0 Å². The van der Waals surface area contributed by atoms with Crippen LogP contribution in [0.25, 0.3) is 0 Å². The summed E-state index contributed by atoms with van der Waals surface area (Å²) in [6.07, 6.45) is 1.66. The van der Waals surface area contributed by atoms with Crippen LogP contribution in [0.5, 0.6) is 5.88 Å². The number of nitrogens with one attached hydrogen (secondary N) is 1. The molecule has 1 saturated heterocycles. The van der Waals surface area contributed by atoms with E-state index in [-0.39, 0.29) is 24.4 Å². The van der Waals surface area contributed by atoms with Gasteiger partial charge in [0.05, 0.1) is 18.8 Å². The Hall–Kier alpha value is -2.68. The van der Waals surface area contributed by atoms with Gasteiger partial charge in [0.25, 0.3) is 5.91 Å². The molecule has 0 aliphatic carbocycles. The second-order valence-corrected chi connectivity index (χ2v) is 8.05. The number of hydrogen-bond donors (Lipinski definition) is 4. The molecular weight excluding hydrogens is 408 g/mol. The fraction of sp³-hybridized carbons (Fsp3) is 0.500. The maximum Gasteiger partial charge on any atom is 0.256 e. The lowest BCUT2D eigenvalue weighted by molar-refractivity contribution is 0.0906. The van der Waals surface area contributed by atoms with Gasteiger partial charge in [0.15, 0.2) is 0 Å². The predicted octanol–water partition coefficient (Wildman–Crippen LogP) is 1.62. The van der Waals surface area contributed by atoms with Crippen LogP contribution in [0.2, 0.25) is 0 Å². The van der Waals surface area contributed by atoms with Crippen LogP contribution in [0, 0.1) is 0 Å².